The highest BCUT2D eigenvalue weighted by Crippen LogP contribution is 2.13. The Morgan fingerprint density at radius 3 is 2.00 bits per heavy atom. The molecule has 0 saturated carbocycles. The van der Waals surface area contributed by atoms with Crippen LogP contribution in [0.25, 0.3) is 0 Å². The summed E-state index contributed by atoms with van der Waals surface area (Å²) in [4.78, 5) is 49.3. The van der Waals surface area contributed by atoms with Gasteiger partial charge in [0.25, 0.3) is 0 Å². The number of amides is 3. The average Bonchev–Trinajstić information content (AvgIpc) is 2.75. The predicted molar refractivity (Wildman–Crippen MR) is 119 cm³/mol. The number of carbonyl (C=O) groups excluding carboxylic acids is 3. The van der Waals surface area contributed by atoms with Crippen LogP contribution in [-0.4, -0.2) is 58.6 Å². The van der Waals surface area contributed by atoms with Crippen molar-refractivity contribution >= 4 is 23.7 Å². The number of carboxylic acids is 1. The number of hydrogen-bond acceptors (Lipinski definition) is 6. The molecule has 0 heterocycles. The Labute approximate surface area is 187 Å². The van der Waals surface area contributed by atoms with E-state index in [0.29, 0.717) is 12.0 Å². The summed E-state index contributed by atoms with van der Waals surface area (Å²) in [6.45, 7) is 6.68. The second kappa shape index (κ2) is 12.7. The Kier molecular flexibility index (Phi) is 10.6. The van der Waals surface area contributed by atoms with E-state index in [0.717, 1.165) is 0 Å². The van der Waals surface area contributed by atoms with Gasteiger partial charge in [0.05, 0.1) is 6.54 Å². The highest BCUT2D eigenvalue weighted by atomic mass is 16.4. The number of carbonyl (C=O) groups is 4. The van der Waals surface area contributed by atoms with E-state index in [1.807, 2.05) is 6.92 Å². The van der Waals surface area contributed by atoms with Crippen LogP contribution in [0.4, 0.5) is 0 Å². The fourth-order valence-corrected chi connectivity index (χ4v) is 3.04. The lowest BCUT2D eigenvalue weighted by atomic mass is 9.96. The monoisotopic (exact) mass is 450 g/mol. The highest BCUT2D eigenvalue weighted by Gasteiger charge is 2.32. The van der Waals surface area contributed by atoms with Gasteiger partial charge in [0.15, 0.2) is 0 Å². The number of aromatic hydroxyl groups is 1. The van der Waals surface area contributed by atoms with Gasteiger partial charge in [-0.25, -0.2) is 4.79 Å². The van der Waals surface area contributed by atoms with Gasteiger partial charge in [-0.2, -0.15) is 0 Å². The Morgan fingerprint density at radius 1 is 0.938 bits per heavy atom. The van der Waals surface area contributed by atoms with E-state index in [4.69, 9.17) is 5.73 Å². The molecule has 0 saturated heterocycles. The van der Waals surface area contributed by atoms with Gasteiger partial charge in [0.1, 0.15) is 23.9 Å². The van der Waals surface area contributed by atoms with Gasteiger partial charge in [-0.15, -0.1) is 0 Å². The second-order valence-electron chi connectivity index (χ2n) is 8.14. The van der Waals surface area contributed by atoms with Crippen molar-refractivity contribution in [3.63, 3.8) is 0 Å². The van der Waals surface area contributed by atoms with Gasteiger partial charge >= 0.3 is 5.97 Å². The van der Waals surface area contributed by atoms with Gasteiger partial charge in [0, 0.05) is 6.42 Å². The first-order valence-corrected chi connectivity index (χ1v) is 10.6. The van der Waals surface area contributed by atoms with E-state index < -0.39 is 41.8 Å². The van der Waals surface area contributed by atoms with E-state index in [1.165, 1.54) is 12.1 Å². The lowest BCUT2D eigenvalue weighted by Gasteiger charge is -2.27. The SMILES string of the molecule is CCC(C)C(NC(=O)CN)C(=O)NC(Cc1ccc(O)cc1)C(=O)NC(C(=O)O)C(C)C. The highest BCUT2D eigenvalue weighted by molar-refractivity contribution is 5.94. The minimum atomic E-state index is -1.18. The molecule has 0 radical (unpaired) electrons. The summed E-state index contributed by atoms with van der Waals surface area (Å²) in [6, 6.07) is 2.94. The standard InChI is InChI=1S/C22H34N4O6/c1-5-13(4)19(25-17(28)11-23)21(30)24-16(10-14-6-8-15(27)9-7-14)20(29)26-18(12(2)3)22(31)32/h6-9,12-13,16,18-19,27H,5,10-11,23H2,1-4H3,(H,24,30)(H,25,28)(H,26,29)(H,31,32). The molecule has 1 aromatic carbocycles. The lowest BCUT2D eigenvalue weighted by Crippen LogP contribution is -2.58. The van der Waals surface area contributed by atoms with E-state index in [1.54, 1.807) is 32.9 Å². The van der Waals surface area contributed by atoms with Crippen LogP contribution in [0.15, 0.2) is 24.3 Å². The van der Waals surface area contributed by atoms with E-state index in [2.05, 4.69) is 16.0 Å². The zero-order valence-corrected chi connectivity index (χ0v) is 18.9. The summed E-state index contributed by atoms with van der Waals surface area (Å²) in [5.41, 5.74) is 6.00. The van der Waals surface area contributed by atoms with Crippen molar-refractivity contribution < 1.29 is 29.4 Å². The molecule has 0 aliphatic rings. The molecule has 10 heteroatoms. The third-order valence-electron chi connectivity index (χ3n) is 5.24. The van der Waals surface area contributed by atoms with E-state index in [-0.39, 0.29) is 30.6 Å². The molecule has 10 nitrogen and oxygen atoms in total. The maximum atomic E-state index is 13.0. The fourth-order valence-electron chi connectivity index (χ4n) is 3.04. The molecule has 0 aliphatic carbocycles. The third kappa shape index (κ3) is 8.18. The van der Waals surface area contributed by atoms with Crippen molar-refractivity contribution in [2.24, 2.45) is 17.6 Å². The van der Waals surface area contributed by atoms with Crippen LogP contribution in [0.2, 0.25) is 0 Å². The third-order valence-corrected chi connectivity index (χ3v) is 5.24. The van der Waals surface area contributed by atoms with Gasteiger partial charge in [-0.3, -0.25) is 14.4 Å². The minimum absolute atomic E-state index is 0.0471. The molecule has 7 N–H and O–H groups in total. The summed E-state index contributed by atoms with van der Waals surface area (Å²) in [6.07, 6.45) is 0.645. The molecule has 0 fully saturated rings. The Balaban J connectivity index is 3.15. The lowest BCUT2D eigenvalue weighted by molar-refractivity contribution is -0.143. The number of nitrogens with one attached hydrogen (secondary N) is 3. The number of nitrogens with two attached hydrogens (primary N) is 1. The first-order valence-electron chi connectivity index (χ1n) is 10.6. The van der Waals surface area contributed by atoms with Crippen molar-refractivity contribution in [3.8, 4) is 5.75 Å². The number of aliphatic carboxylic acids is 1. The number of carboxylic acid groups (broad SMARTS) is 1. The van der Waals surface area contributed by atoms with Crippen molar-refractivity contribution in [2.75, 3.05) is 6.54 Å². The summed E-state index contributed by atoms with van der Waals surface area (Å²) in [5, 5.41) is 26.6. The number of benzene rings is 1. The average molecular weight is 451 g/mol. The van der Waals surface area contributed by atoms with Crippen LogP contribution in [0.3, 0.4) is 0 Å². The van der Waals surface area contributed by atoms with Crippen molar-refractivity contribution in [3.05, 3.63) is 29.8 Å². The molecule has 0 aliphatic heterocycles. The van der Waals surface area contributed by atoms with Crippen LogP contribution >= 0.6 is 0 Å². The van der Waals surface area contributed by atoms with Crippen LogP contribution < -0.4 is 21.7 Å². The number of phenols is 1. The van der Waals surface area contributed by atoms with Gasteiger partial charge in [-0.05, 0) is 29.5 Å². The number of rotatable bonds is 12. The molecule has 4 atom stereocenters. The maximum absolute atomic E-state index is 13.0. The molecular formula is C22H34N4O6. The quantitative estimate of drug-likeness (QED) is 0.263. The molecule has 1 aromatic rings. The minimum Gasteiger partial charge on any atom is -0.508 e. The van der Waals surface area contributed by atoms with Gasteiger partial charge in [-0.1, -0.05) is 46.2 Å². The molecular weight excluding hydrogens is 416 g/mol. The van der Waals surface area contributed by atoms with Crippen molar-refractivity contribution in [1.29, 1.82) is 0 Å². The molecule has 32 heavy (non-hydrogen) atoms. The number of phenolic OH excluding ortho intramolecular Hbond substituents is 1. The van der Waals surface area contributed by atoms with Crippen LogP contribution in [0.5, 0.6) is 5.75 Å². The molecule has 0 bridgehead atoms. The van der Waals surface area contributed by atoms with E-state index in [9.17, 15) is 29.4 Å². The summed E-state index contributed by atoms with van der Waals surface area (Å²) in [5.74, 6) is -3.49. The summed E-state index contributed by atoms with van der Waals surface area (Å²) < 4.78 is 0. The zero-order chi connectivity index (χ0) is 24.4. The van der Waals surface area contributed by atoms with E-state index >= 15 is 0 Å². The smallest absolute Gasteiger partial charge is 0.326 e. The first-order chi connectivity index (χ1) is 15.0. The first kappa shape index (κ1) is 26.9. The Bertz CT molecular complexity index is 796. The molecule has 0 spiro atoms. The zero-order valence-electron chi connectivity index (χ0n) is 18.9. The van der Waals surface area contributed by atoms with Crippen LogP contribution in [-0.2, 0) is 25.6 Å². The summed E-state index contributed by atoms with van der Waals surface area (Å²) in [7, 11) is 0. The topological polar surface area (TPSA) is 171 Å². The van der Waals surface area contributed by atoms with Crippen LogP contribution in [0, 0.1) is 11.8 Å². The normalized spacial score (nSPS) is 14.7. The van der Waals surface area contributed by atoms with Gasteiger partial charge in [0.2, 0.25) is 17.7 Å². The van der Waals surface area contributed by atoms with Crippen LogP contribution in [0.1, 0.15) is 39.7 Å². The Morgan fingerprint density at radius 2 is 1.53 bits per heavy atom. The van der Waals surface area contributed by atoms with Crippen molar-refractivity contribution in [2.45, 2.75) is 58.7 Å². The largest absolute Gasteiger partial charge is 0.508 e. The molecule has 178 valence electrons. The predicted octanol–water partition coefficient (Wildman–Crippen LogP) is 0.135. The maximum Gasteiger partial charge on any atom is 0.326 e. The molecule has 0 aromatic heterocycles. The molecule has 4 unspecified atom stereocenters. The number of hydrogen-bond donors (Lipinski definition) is 6. The van der Waals surface area contributed by atoms with Crippen molar-refractivity contribution in [1.82, 2.24) is 16.0 Å². The molecule has 1 rings (SSSR count). The Hall–Kier alpha value is -3.14. The van der Waals surface area contributed by atoms with Gasteiger partial charge < -0.3 is 31.9 Å². The fraction of sp³-hybridized carbons (Fsp3) is 0.545. The second-order valence-corrected chi connectivity index (χ2v) is 8.14. The molecule has 3 amide bonds. The summed E-state index contributed by atoms with van der Waals surface area (Å²) >= 11 is 0.